The van der Waals surface area contributed by atoms with Crippen LogP contribution in [0.15, 0.2) is 40.9 Å². The molecule has 0 heterocycles. The number of rotatable bonds is 0. The summed E-state index contributed by atoms with van der Waals surface area (Å²) >= 11 is 6.73. The summed E-state index contributed by atoms with van der Waals surface area (Å²) in [4.78, 5) is 23.6. The summed E-state index contributed by atoms with van der Waals surface area (Å²) in [5, 5.41) is 1.74. The minimum absolute atomic E-state index is 0.443. The topological polar surface area (TPSA) is 34.1 Å². The van der Waals surface area contributed by atoms with Gasteiger partial charge in [0.15, 0.2) is 0 Å². The minimum atomic E-state index is -0.482. The summed E-state index contributed by atoms with van der Waals surface area (Å²) in [7, 11) is 0. The number of halogens is 2. The Morgan fingerprint density at radius 1 is 0.944 bits per heavy atom. The van der Waals surface area contributed by atoms with Gasteiger partial charge in [-0.2, -0.15) is 0 Å². The highest BCUT2D eigenvalue weighted by atomic mass is 79.9. The lowest BCUT2D eigenvalue weighted by Crippen LogP contribution is -2.17. The summed E-state index contributed by atoms with van der Waals surface area (Å²) in [6, 6.07) is 9.45. The Kier molecular flexibility index (Phi) is 2.72. The van der Waals surface area contributed by atoms with Gasteiger partial charge in [-0.25, -0.2) is 0 Å². The molecule has 3 rings (SSSR count). The molecule has 2 nitrogen and oxygen atoms in total. The molecule has 0 unspecified atom stereocenters. The van der Waals surface area contributed by atoms with Crippen molar-refractivity contribution in [2.75, 3.05) is 0 Å². The van der Waals surface area contributed by atoms with E-state index in [-0.39, 0.29) is 0 Å². The third kappa shape index (κ3) is 1.68. The van der Waals surface area contributed by atoms with E-state index >= 15 is 0 Å². The summed E-state index contributed by atoms with van der Waals surface area (Å²) in [5.74, 6) is -0.925. The maximum atomic E-state index is 12.0. The first-order valence-corrected chi connectivity index (χ1v) is 6.85. The van der Waals surface area contributed by atoms with Crippen molar-refractivity contribution in [3.63, 3.8) is 0 Å². The van der Waals surface area contributed by atoms with Gasteiger partial charge >= 0.3 is 0 Å². The molecule has 1 aliphatic carbocycles. The molecule has 0 amide bonds. The van der Waals surface area contributed by atoms with Crippen LogP contribution in [0, 0.1) is 0 Å². The molecule has 0 aromatic heterocycles. The SMILES string of the molecule is O=C1C=C(Br)c2ccc3cc(Br)ccc3c2C1=O. The van der Waals surface area contributed by atoms with Crippen molar-refractivity contribution < 1.29 is 9.59 Å². The number of allylic oxidation sites excluding steroid dienone is 1. The van der Waals surface area contributed by atoms with Crippen LogP contribution in [0.4, 0.5) is 0 Å². The van der Waals surface area contributed by atoms with E-state index in [1.807, 2.05) is 30.3 Å². The van der Waals surface area contributed by atoms with Crippen LogP contribution < -0.4 is 0 Å². The molecule has 18 heavy (non-hydrogen) atoms. The lowest BCUT2D eigenvalue weighted by atomic mass is 9.90. The first-order chi connectivity index (χ1) is 8.58. The maximum Gasteiger partial charge on any atom is 0.234 e. The zero-order valence-electron chi connectivity index (χ0n) is 9.04. The molecule has 88 valence electrons. The molecule has 4 heteroatoms. The Bertz CT molecular complexity index is 745. The van der Waals surface area contributed by atoms with Crippen molar-refractivity contribution in [3.8, 4) is 0 Å². The second kappa shape index (κ2) is 4.14. The van der Waals surface area contributed by atoms with Crippen molar-refractivity contribution in [2.45, 2.75) is 0 Å². The predicted octanol–water partition coefficient (Wildman–Crippen LogP) is 4.10. The number of hydrogen-bond acceptors (Lipinski definition) is 2. The monoisotopic (exact) mass is 364 g/mol. The van der Waals surface area contributed by atoms with Crippen molar-refractivity contribution in [3.05, 3.63) is 52.0 Å². The highest BCUT2D eigenvalue weighted by Crippen LogP contribution is 2.35. The van der Waals surface area contributed by atoms with Gasteiger partial charge in [0.1, 0.15) is 0 Å². The van der Waals surface area contributed by atoms with Gasteiger partial charge in [0.2, 0.25) is 11.6 Å². The van der Waals surface area contributed by atoms with Crippen LogP contribution in [0.1, 0.15) is 15.9 Å². The average Bonchev–Trinajstić information content (AvgIpc) is 2.34. The molecule has 0 bridgehead atoms. The molecule has 0 spiro atoms. The largest absolute Gasteiger partial charge is 0.286 e. The lowest BCUT2D eigenvalue weighted by Gasteiger charge is -2.14. The number of fused-ring (bicyclic) bond motifs is 3. The van der Waals surface area contributed by atoms with Crippen LogP contribution in [-0.2, 0) is 4.79 Å². The Hall–Kier alpha value is -1.26. The summed E-state index contributed by atoms with van der Waals surface area (Å²) in [6.45, 7) is 0. The molecule has 0 N–H and O–H groups in total. The second-order valence-corrected chi connectivity index (χ2v) is 5.81. The zero-order valence-corrected chi connectivity index (χ0v) is 12.2. The fourth-order valence-electron chi connectivity index (χ4n) is 2.13. The first kappa shape index (κ1) is 11.8. The molecule has 2 aromatic rings. The third-order valence-electron chi connectivity index (χ3n) is 2.95. The molecule has 0 saturated heterocycles. The average molecular weight is 366 g/mol. The van der Waals surface area contributed by atoms with Gasteiger partial charge < -0.3 is 0 Å². The van der Waals surface area contributed by atoms with Gasteiger partial charge in [0, 0.05) is 26.2 Å². The number of carbonyl (C=O) groups is 2. The van der Waals surface area contributed by atoms with E-state index in [9.17, 15) is 9.59 Å². The Labute approximate surface area is 120 Å². The van der Waals surface area contributed by atoms with E-state index in [0.29, 0.717) is 10.0 Å². The highest BCUT2D eigenvalue weighted by molar-refractivity contribution is 9.15. The summed E-state index contributed by atoms with van der Waals surface area (Å²) in [6.07, 6.45) is 1.33. The second-order valence-electron chi connectivity index (χ2n) is 4.04. The summed E-state index contributed by atoms with van der Waals surface area (Å²) < 4.78 is 1.60. The molecule has 1 aliphatic rings. The van der Waals surface area contributed by atoms with E-state index in [0.717, 1.165) is 20.8 Å². The number of hydrogen-bond donors (Lipinski definition) is 0. The lowest BCUT2D eigenvalue weighted by molar-refractivity contribution is -0.110. The number of Topliss-reactive ketones (excluding diaryl/α,β-unsaturated/α-hetero) is 1. The van der Waals surface area contributed by atoms with Gasteiger partial charge in [-0.15, -0.1) is 0 Å². The van der Waals surface area contributed by atoms with Crippen LogP contribution in [0.2, 0.25) is 0 Å². The van der Waals surface area contributed by atoms with Gasteiger partial charge in [-0.3, -0.25) is 9.59 Å². The van der Waals surface area contributed by atoms with Crippen molar-refractivity contribution in [1.29, 1.82) is 0 Å². The standard InChI is InChI=1S/C14H6Br2O2/c15-8-2-4-9-7(5-8)1-3-10-11(16)6-12(17)14(18)13(9)10/h1-6H. The van der Waals surface area contributed by atoms with Crippen molar-refractivity contribution in [1.82, 2.24) is 0 Å². The molecule has 0 atom stereocenters. The van der Waals surface area contributed by atoms with Crippen molar-refractivity contribution >= 4 is 58.7 Å². The molecule has 0 fully saturated rings. The molecule has 0 aliphatic heterocycles. The Balaban J connectivity index is 2.45. The fraction of sp³-hybridized carbons (Fsp3) is 0. The fourth-order valence-corrected chi connectivity index (χ4v) is 3.04. The number of ketones is 2. The van der Waals surface area contributed by atoms with E-state index in [1.54, 1.807) is 0 Å². The van der Waals surface area contributed by atoms with Crippen LogP contribution in [0.25, 0.3) is 15.3 Å². The van der Waals surface area contributed by atoms with Gasteiger partial charge in [-0.1, -0.05) is 50.1 Å². The van der Waals surface area contributed by atoms with Gasteiger partial charge in [0.25, 0.3) is 0 Å². The molecule has 2 aromatic carbocycles. The molecular formula is C14H6Br2O2. The highest BCUT2D eigenvalue weighted by Gasteiger charge is 2.26. The number of carbonyl (C=O) groups excluding carboxylic acids is 2. The molecular weight excluding hydrogens is 360 g/mol. The number of benzene rings is 2. The quantitative estimate of drug-likeness (QED) is 0.658. The normalized spacial score (nSPS) is 14.7. The summed E-state index contributed by atoms with van der Waals surface area (Å²) in [5.41, 5.74) is 1.26. The van der Waals surface area contributed by atoms with Crippen LogP contribution in [0.5, 0.6) is 0 Å². The molecule has 0 radical (unpaired) electrons. The van der Waals surface area contributed by atoms with Crippen LogP contribution in [0.3, 0.4) is 0 Å². The zero-order chi connectivity index (χ0) is 12.9. The molecule has 0 saturated carbocycles. The maximum absolute atomic E-state index is 12.0. The third-order valence-corrected chi connectivity index (χ3v) is 4.10. The first-order valence-electron chi connectivity index (χ1n) is 5.26. The van der Waals surface area contributed by atoms with E-state index in [2.05, 4.69) is 31.9 Å². The minimum Gasteiger partial charge on any atom is -0.286 e. The Morgan fingerprint density at radius 3 is 2.50 bits per heavy atom. The van der Waals surface area contributed by atoms with Gasteiger partial charge in [-0.05, 0) is 22.9 Å². The van der Waals surface area contributed by atoms with E-state index in [1.165, 1.54) is 6.08 Å². The van der Waals surface area contributed by atoms with Crippen LogP contribution in [-0.4, -0.2) is 11.6 Å². The smallest absolute Gasteiger partial charge is 0.234 e. The van der Waals surface area contributed by atoms with Crippen LogP contribution >= 0.6 is 31.9 Å². The van der Waals surface area contributed by atoms with E-state index < -0.39 is 11.6 Å². The van der Waals surface area contributed by atoms with Gasteiger partial charge in [0.05, 0.1) is 0 Å². The van der Waals surface area contributed by atoms with E-state index in [4.69, 9.17) is 0 Å². The van der Waals surface area contributed by atoms with Crippen molar-refractivity contribution in [2.24, 2.45) is 0 Å². The Morgan fingerprint density at radius 2 is 1.72 bits per heavy atom. The predicted molar refractivity (Wildman–Crippen MR) is 77.9 cm³/mol.